The molecule has 0 saturated carbocycles. The van der Waals surface area contributed by atoms with Gasteiger partial charge < -0.3 is 0 Å². The number of nitrogens with zero attached hydrogens (tertiary/aromatic N) is 2. The SMILES string of the molecule is C=C(C)C1=N/C(=C/C)CC(C(=C)C#N)=C1. The number of hydrogen-bond donors (Lipinski definition) is 0. The monoisotopic (exact) mass is 198 g/mol. The quantitative estimate of drug-likeness (QED) is 0.627. The van der Waals surface area contributed by atoms with Gasteiger partial charge in [0.1, 0.15) is 0 Å². The maximum absolute atomic E-state index is 8.80. The van der Waals surface area contributed by atoms with Crippen LogP contribution in [0.2, 0.25) is 0 Å². The topological polar surface area (TPSA) is 36.1 Å². The summed E-state index contributed by atoms with van der Waals surface area (Å²) in [4.78, 5) is 4.42. The van der Waals surface area contributed by atoms with E-state index in [0.717, 1.165) is 22.6 Å². The molecule has 0 N–H and O–H groups in total. The first-order chi connectivity index (χ1) is 7.08. The Morgan fingerprint density at radius 3 is 2.73 bits per heavy atom. The lowest BCUT2D eigenvalue weighted by Crippen LogP contribution is -2.05. The molecule has 0 amide bonds. The summed E-state index contributed by atoms with van der Waals surface area (Å²) in [6.45, 7) is 11.4. The van der Waals surface area contributed by atoms with E-state index < -0.39 is 0 Å². The van der Waals surface area contributed by atoms with Crippen molar-refractivity contribution in [3.63, 3.8) is 0 Å². The predicted molar refractivity (Wildman–Crippen MR) is 63.5 cm³/mol. The Bertz CT molecular complexity index is 440. The van der Waals surface area contributed by atoms with E-state index in [0.29, 0.717) is 12.0 Å². The molecule has 2 heteroatoms. The van der Waals surface area contributed by atoms with Gasteiger partial charge in [-0.3, -0.25) is 4.99 Å². The van der Waals surface area contributed by atoms with Gasteiger partial charge in [-0.1, -0.05) is 19.2 Å². The highest BCUT2D eigenvalue weighted by Gasteiger charge is 2.12. The molecule has 0 radical (unpaired) electrons. The average molecular weight is 198 g/mol. The number of nitriles is 1. The molecule has 0 aromatic rings. The molecule has 1 aliphatic rings. The minimum atomic E-state index is 0.503. The van der Waals surface area contributed by atoms with Crippen molar-refractivity contribution in [3.8, 4) is 6.07 Å². The van der Waals surface area contributed by atoms with Crippen molar-refractivity contribution < 1.29 is 0 Å². The standard InChI is InChI=1S/C13H14N2/c1-5-12-6-11(10(4)8-14)7-13(15-12)9(2)3/h5,7H,2,4,6H2,1,3H3/b12-5+. The van der Waals surface area contributed by atoms with Crippen molar-refractivity contribution in [2.75, 3.05) is 0 Å². The van der Waals surface area contributed by atoms with Crippen molar-refractivity contribution >= 4 is 5.71 Å². The Morgan fingerprint density at radius 1 is 1.60 bits per heavy atom. The number of hydrogen-bond acceptors (Lipinski definition) is 2. The highest BCUT2D eigenvalue weighted by Crippen LogP contribution is 2.24. The number of rotatable bonds is 2. The Labute approximate surface area is 90.6 Å². The van der Waals surface area contributed by atoms with Crippen LogP contribution in [0.1, 0.15) is 20.3 Å². The summed E-state index contributed by atoms with van der Waals surface area (Å²) >= 11 is 0. The van der Waals surface area contributed by atoms with Gasteiger partial charge in [0.15, 0.2) is 0 Å². The molecule has 76 valence electrons. The summed E-state index contributed by atoms with van der Waals surface area (Å²) in [7, 11) is 0. The van der Waals surface area contributed by atoms with Crippen LogP contribution in [0.5, 0.6) is 0 Å². The Morgan fingerprint density at radius 2 is 2.27 bits per heavy atom. The van der Waals surface area contributed by atoms with E-state index in [-0.39, 0.29) is 0 Å². The van der Waals surface area contributed by atoms with E-state index in [2.05, 4.69) is 24.2 Å². The van der Waals surface area contributed by atoms with Gasteiger partial charge in [-0.25, -0.2) is 0 Å². The minimum Gasteiger partial charge on any atom is -0.253 e. The molecule has 15 heavy (non-hydrogen) atoms. The zero-order valence-electron chi connectivity index (χ0n) is 9.17. The molecule has 0 aromatic heterocycles. The molecule has 2 nitrogen and oxygen atoms in total. The van der Waals surface area contributed by atoms with Crippen molar-refractivity contribution in [2.24, 2.45) is 4.99 Å². The molecule has 0 spiro atoms. The van der Waals surface area contributed by atoms with E-state index in [4.69, 9.17) is 5.26 Å². The second kappa shape index (κ2) is 4.56. The summed E-state index contributed by atoms with van der Waals surface area (Å²) < 4.78 is 0. The van der Waals surface area contributed by atoms with Crippen LogP contribution in [-0.4, -0.2) is 5.71 Å². The molecule has 0 saturated heterocycles. The molecule has 1 heterocycles. The number of dihydropyridines is 1. The van der Waals surface area contributed by atoms with Crippen LogP contribution in [0.15, 0.2) is 52.7 Å². The molecule has 1 rings (SSSR count). The van der Waals surface area contributed by atoms with Gasteiger partial charge in [0.2, 0.25) is 0 Å². The lowest BCUT2D eigenvalue weighted by Gasteiger charge is -2.14. The maximum Gasteiger partial charge on any atom is 0.0988 e. The third kappa shape index (κ3) is 2.54. The van der Waals surface area contributed by atoms with Crippen LogP contribution in [0.25, 0.3) is 0 Å². The van der Waals surface area contributed by atoms with E-state index in [1.54, 1.807) is 0 Å². The molecule has 0 aromatic carbocycles. The molecule has 0 atom stereocenters. The predicted octanol–water partition coefficient (Wildman–Crippen LogP) is 3.32. The molecule has 1 aliphatic heterocycles. The van der Waals surface area contributed by atoms with E-state index in [1.165, 1.54) is 0 Å². The Balaban J connectivity index is 3.14. The maximum atomic E-state index is 8.80. The molecule has 0 bridgehead atoms. The van der Waals surface area contributed by atoms with Gasteiger partial charge in [-0.2, -0.15) is 5.26 Å². The lowest BCUT2D eigenvalue weighted by atomic mass is 9.97. The van der Waals surface area contributed by atoms with Gasteiger partial charge in [0.25, 0.3) is 0 Å². The van der Waals surface area contributed by atoms with Gasteiger partial charge in [-0.05, 0) is 31.1 Å². The first kappa shape index (κ1) is 11.2. The second-order valence-electron chi connectivity index (χ2n) is 3.49. The van der Waals surface area contributed by atoms with Crippen LogP contribution in [0.4, 0.5) is 0 Å². The number of allylic oxidation sites excluding steroid dienone is 5. The fraction of sp³-hybridized carbons (Fsp3) is 0.231. The highest BCUT2D eigenvalue weighted by atomic mass is 14.8. The first-order valence-electron chi connectivity index (χ1n) is 4.78. The van der Waals surface area contributed by atoms with Gasteiger partial charge in [0.05, 0.1) is 11.8 Å². The van der Waals surface area contributed by atoms with Crippen LogP contribution >= 0.6 is 0 Å². The Hall–Kier alpha value is -1.88. The van der Waals surface area contributed by atoms with Crippen molar-refractivity contribution in [3.05, 3.63) is 47.7 Å². The smallest absolute Gasteiger partial charge is 0.0988 e. The van der Waals surface area contributed by atoms with Crippen LogP contribution in [-0.2, 0) is 0 Å². The fourth-order valence-corrected chi connectivity index (χ4v) is 1.29. The summed E-state index contributed by atoms with van der Waals surface area (Å²) in [5.41, 5.74) is 4.13. The van der Waals surface area contributed by atoms with E-state index in [1.807, 2.05) is 26.0 Å². The Kier molecular flexibility index (Phi) is 3.41. The molecule has 0 aliphatic carbocycles. The summed E-state index contributed by atoms with van der Waals surface area (Å²) in [6, 6.07) is 2.06. The van der Waals surface area contributed by atoms with E-state index in [9.17, 15) is 0 Å². The molecule has 0 unspecified atom stereocenters. The van der Waals surface area contributed by atoms with Gasteiger partial charge in [-0.15, -0.1) is 0 Å². The minimum absolute atomic E-state index is 0.503. The number of aliphatic imine (C=N–C) groups is 1. The average Bonchev–Trinajstić information content (AvgIpc) is 2.27. The zero-order valence-corrected chi connectivity index (χ0v) is 9.17. The lowest BCUT2D eigenvalue weighted by molar-refractivity contribution is 1.07. The van der Waals surface area contributed by atoms with Crippen LogP contribution in [0, 0.1) is 11.3 Å². The molecule has 0 fully saturated rings. The van der Waals surface area contributed by atoms with Crippen molar-refractivity contribution in [2.45, 2.75) is 20.3 Å². The first-order valence-corrected chi connectivity index (χ1v) is 4.78. The second-order valence-corrected chi connectivity index (χ2v) is 3.49. The normalized spacial score (nSPS) is 17.8. The molecular formula is C13H14N2. The van der Waals surface area contributed by atoms with Gasteiger partial charge >= 0.3 is 0 Å². The van der Waals surface area contributed by atoms with Crippen LogP contribution < -0.4 is 0 Å². The largest absolute Gasteiger partial charge is 0.253 e. The third-order valence-corrected chi connectivity index (χ3v) is 2.24. The van der Waals surface area contributed by atoms with Crippen molar-refractivity contribution in [1.82, 2.24) is 0 Å². The highest BCUT2D eigenvalue weighted by molar-refractivity contribution is 6.09. The van der Waals surface area contributed by atoms with Crippen LogP contribution in [0.3, 0.4) is 0 Å². The zero-order chi connectivity index (χ0) is 11.4. The fourth-order valence-electron chi connectivity index (χ4n) is 1.29. The third-order valence-electron chi connectivity index (χ3n) is 2.24. The van der Waals surface area contributed by atoms with Crippen molar-refractivity contribution in [1.29, 1.82) is 5.26 Å². The van der Waals surface area contributed by atoms with Gasteiger partial charge in [0, 0.05) is 17.7 Å². The summed E-state index contributed by atoms with van der Waals surface area (Å²) in [5, 5.41) is 8.80. The summed E-state index contributed by atoms with van der Waals surface area (Å²) in [5.74, 6) is 0. The molecular weight excluding hydrogens is 184 g/mol. The summed E-state index contributed by atoms with van der Waals surface area (Å²) in [6.07, 6.45) is 4.52. The van der Waals surface area contributed by atoms with E-state index >= 15 is 0 Å².